The van der Waals surface area contributed by atoms with Crippen LogP contribution in [0, 0.1) is 5.92 Å². The predicted octanol–water partition coefficient (Wildman–Crippen LogP) is 3.78. The van der Waals surface area contributed by atoms with Gasteiger partial charge in [-0.15, -0.1) is 18.3 Å². The van der Waals surface area contributed by atoms with Crippen LogP contribution in [-0.2, 0) is 4.79 Å². The van der Waals surface area contributed by atoms with Gasteiger partial charge >= 0.3 is 6.36 Å². The van der Waals surface area contributed by atoms with Gasteiger partial charge in [0.2, 0.25) is 5.91 Å². The fourth-order valence-electron chi connectivity index (χ4n) is 3.10. The smallest absolute Gasteiger partial charge is 0.406 e. The first kappa shape index (κ1) is 18.0. The van der Waals surface area contributed by atoms with Crippen LogP contribution in [0.4, 0.5) is 19.0 Å². The fourth-order valence-corrected chi connectivity index (χ4v) is 3.10. The molecule has 1 amide bonds. The summed E-state index contributed by atoms with van der Waals surface area (Å²) in [6, 6.07) is 13.1. The number of fused-ring (bicyclic) bond motifs is 1. The number of halogens is 3. The van der Waals surface area contributed by atoms with Gasteiger partial charge in [-0.25, -0.2) is 0 Å². The van der Waals surface area contributed by atoms with Gasteiger partial charge in [0.25, 0.3) is 0 Å². The van der Waals surface area contributed by atoms with Crippen LogP contribution in [-0.4, -0.2) is 22.5 Å². The van der Waals surface area contributed by atoms with Crippen LogP contribution in [0.1, 0.15) is 17.9 Å². The van der Waals surface area contributed by atoms with Crippen molar-refractivity contribution in [2.45, 2.75) is 18.7 Å². The molecule has 2 N–H and O–H groups in total. The number of ether oxygens (including phenoxy) is 1. The summed E-state index contributed by atoms with van der Waals surface area (Å²) in [6.45, 7) is 0. The second-order valence-electron chi connectivity index (χ2n) is 6.46. The van der Waals surface area contributed by atoms with Crippen molar-refractivity contribution in [3.63, 3.8) is 0 Å². The Morgan fingerprint density at radius 3 is 2.61 bits per heavy atom. The van der Waals surface area contributed by atoms with Crippen LogP contribution in [0.25, 0.3) is 10.8 Å². The zero-order valence-electron chi connectivity index (χ0n) is 14.4. The molecule has 1 heterocycles. The molecule has 1 aliphatic carbocycles. The zero-order valence-corrected chi connectivity index (χ0v) is 14.4. The summed E-state index contributed by atoms with van der Waals surface area (Å²) in [5.41, 5.74) is 6.22. The normalized spacial score (nSPS) is 18.5. The van der Waals surface area contributed by atoms with E-state index in [1.165, 1.54) is 12.1 Å². The van der Waals surface area contributed by atoms with E-state index < -0.39 is 6.36 Å². The number of anilines is 1. The number of alkyl halides is 3. The molecule has 6 nitrogen and oxygen atoms in total. The van der Waals surface area contributed by atoms with Crippen molar-refractivity contribution in [2.75, 3.05) is 5.43 Å². The molecule has 2 unspecified atom stereocenters. The van der Waals surface area contributed by atoms with E-state index in [0.717, 1.165) is 16.3 Å². The van der Waals surface area contributed by atoms with Gasteiger partial charge in [-0.05, 0) is 30.0 Å². The van der Waals surface area contributed by atoms with Crippen molar-refractivity contribution in [2.24, 2.45) is 5.92 Å². The number of benzene rings is 2. The molecule has 1 aromatic heterocycles. The molecule has 9 heteroatoms. The molecular formula is C19H15F3N4O2. The van der Waals surface area contributed by atoms with E-state index in [2.05, 4.69) is 25.8 Å². The van der Waals surface area contributed by atoms with Crippen LogP contribution in [0.15, 0.2) is 54.7 Å². The largest absolute Gasteiger partial charge is 0.573 e. The van der Waals surface area contributed by atoms with E-state index >= 15 is 0 Å². The van der Waals surface area contributed by atoms with E-state index in [-0.39, 0.29) is 23.5 Å². The summed E-state index contributed by atoms with van der Waals surface area (Å²) in [5.74, 6) is -0.355. The average Bonchev–Trinajstić information content (AvgIpc) is 3.46. The van der Waals surface area contributed by atoms with Crippen molar-refractivity contribution < 1.29 is 22.7 Å². The third-order valence-corrected chi connectivity index (χ3v) is 4.54. The van der Waals surface area contributed by atoms with Gasteiger partial charge in [-0.3, -0.25) is 15.6 Å². The Bertz CT molecular complexity index is 1000. The molecule has 2 atom stereocenters. The number of hydrogen-bond donors (Lipinski definition) is 2. The lowest BCUT2D eigenvalue weighted by Crippen LogP contribution is -2.31. The summed E-state index contributed by atoms with van der Waals surface area (Å²) >= 11 is 0. The van der Waals surface area contributed by atoms with Gasteiger partial charge in [-0.1, -0.05) is 36.4 Å². The summed E-state index contributed by atoms with van der Waals surface area (Å²) in [6.07, 6.45) is -2.47. The van der Waals surface area contributed by atoms with Crippen LogP contribution < -0.4 is 15.6 Å². The first-order chi connectivity index (χ1) is 13.4. The number of hydrogen-bond acceptors (Lipinski definition) is 5. The molecule has 1 fully saturated rings. The lowest BCUT2D eigenvalue weighted by atomic mass is 10.1. The molecule has 1 aliphatic rings. The Kier molecular flexibility index (Phi) is 4.50. The number of nitrogens with one attached hydrogen (secondary N) is 2. The van der Waals surface area contributed by atoms with E-state index in [0.29, 0.717) is 12.2 Å². The lowest BCUT2D eigenvalue weighted by Gasteiger charge is -2.10. The molecule has 0 saturated heterocycles. The first-order valence-corrected chi connectivity index (χ1v) is 8.53. The Hall–Kier alpha value is -3.36. The lowest BCUT2D eigenvalue weighted by molar-refractivity contribution is -0.274. The van der Waals surface area contributed by atoms with Crippen LogP contribution in [0.3, 0.4) is 0 Å². The fraction of sp³-hybridized carbons (Fsp3) is 0.211. The monoisotopic (exact) mass is 388 g/mol. The number of amides is 1. The molecule has 0 radical (unpaired) electrons. The van der Waals surface area contributed by atoms with Crippen LogP contribution in [0.5, 0.6) is 5.75 Å². The summed E-state index contributed by atoms with van der Waals surface area (Å²) < 4.78 is 40.5. The number of hydrazine groups is 1. The first-order valence-electron chi connectivity index (χ1n) is 8.53. The highest BCUT2D eigenvalue weighted by Gasteiger charge is 2.44. The quantitative estimate of drug-likeness (QED) is 0.651. The number of carbonyl (C=O) groups is 1. The molecule has 0 aliphatic heterocycles. The van der Waals surface area contributed by atoms with Gasteiger partial charge in [0.05, 0.1) is 6.20 Å². The molecule has 0 bridgehead atoms. The summed E-state index contributed by atoms with van der Waals surface area (Å²) in [4.78, 5) is 12.4. The third-order valence-electron chi connectivity index (χ3n) is 4.54. The van der Waals surface area contributed by atoms with E-state index in [1.807, 2.05) is 24.3 Å². The van der Waals surface area contributed by atoms with Gasteiger partial charge in [0, 0.05) is 16.7 Å². The van der Waals surface area contributed by atoms with Crippen molar-refractivity contribution >= 4 is 22.5 Å². The van der Waals surface area contributed by atoms with E-state index in [1.54, 1.807) is 18.3 Å². The SMILES string of the molecule is O=C(NNc1nncc2ccccc12)C1CC1c1ccc(OC(F)(F)F)cc1. The van der Waals surface area contributed by atoms with Gasteiger partial charge < -0.3 is 4.74 Å². The number of rotatable bonds is 5. The maximum atomic E-state index is 12.4. The Morgan fingerprint density at radius 2 is 1.86 bits per heavy atom. The van der Waals surface area contributed by atoms with Crippen LogP contribution in [0.2, 0.25) is 0 Å². The minimum absolute atomic E-state index is 0.0414. The van der Waals surface area contributed by atoms with Crippen molar-refractivity contribution in [1.82, 2.24) is 15.6 Å². The predicted molar refractivity (Wildman–Crippen MR) is 95.3 cm³/mol. The Morgan fingerprint density at radius 1 is 1.11 bits per heavy atom. The molecule has 28 heavy (non-hydrogen) atoms. The minimum atomic E-state index is -4.72. The highest BCUT2D eigenvalue weighted by Crippen LogP contribution is 2.47. The summed E-state index contributed by atoms with van der Waals surface area (Å²) in [5, 5.41) is 9.60. The number of aromatic nitrogens is 2. The van der Waals surface area contributed by atoms with Crippen molar-refractivity contribution in [3.8, 4) is 5.75 Å². The molecular weight excluding hydrogens is 373 g/mol. The van der Waals surface area contributed by atoms with E-state index in [4.69, 9.17) is 0 Å². The third kappa shape index (κ3) is 3.98. The molecule has 1 saturated carbocycles. The molecule has 4 rings (SSSR count). The van der Waals surface area contributed by atoms with E-state index in [9.17, 15) is 18.0 Å². The standard InChI is InChI=1S/C19H15F3N4O2/c20-19(21,22)28-13-7-5-11(6-8-13)15-9-16(15)18(27)26-25-17-14-4-2-1-3-12(14)10-23-24-17/h1-8,10,15-16H,9H2,(H,24,25)(H,26,27). The zero-order chi connectivity index (χ0) is 19.7. The highest BCUT2D eigenvalue weighted by molar-refractivity contribution is 5.92. The minimum Gasteiger partial charge on any atom is -0.406 e. The van der Waals surface area contributed by atoms with Gasteiger partial charge in [-0.2, -0.15) is 5.10 Å². The number of carbonyl (C=O) groups excluding carboxylic acids is 1. The summed E-state index contributed by atoms with van der Waals surface area (Å²) in [7, 11) is 0. The molecule has 0 spiro atoms. The maximum Gasteiger partial charge on any atom is 0.573 e. The topological polar surface area (TPSA) is 76.1 Å². The number of nitrogens with zero attached hydrogens (tertiary/aromatic N) is 2. The van der Waals surface area contributed by atoms with Gasteiger partial charge in [0.15, 0.2) is 5.82 Å². The average molecular weight is 388 g/mol. The highest BCUT2D eigenvalue weighted by atomic mass is 19.4. The maximum absolute atomic E-state index is 12.4. The molecule has 3 aromatic rings. The Labute approximate surface area is 157 Å². The molecule has 144 valence electrons. The second-order valence-corrected chi connectivity index (χ2v) is 6.46. The van der Waals surface area contributed by atoms with Gasteiger partial charge in [0.1, 0.15) is 5.75 Å². The van der Waals surface area contributed by atoms with Crippen molar-refractivity contribution in [1.29, 1.82) is 0 Å². The second kappa shape index (κ2) is 6.99. The Balaban J connectivity index is 1.36. The molecule has 2 aromatic carbocycles. The van der Waals surface area contributed by atoms with Crippen molar-refractivity contribution in [3.05, 3.63) is 60.3 Å². The van der Waals surface area contributed by atoms with Crippen LogP contribution >= 0.6 is 0 Å².